The second-order valence-electron chi connectivity index (χ2n) is 20.5. The molecule has 0 unspecified atom stereocenters. The molecule has 7 aliphatic rings. The molecule has 58 heavy (non-hydrogen) atoms. The van der Waals surface area contributed by atoms with E-state index < -0.39 is 138 Å². The van der Waals surface area contributed by atoms with Crippen molar-refractivity contribution in [3.05, 3.63) is 11.6 Å². The van der Waals surface area contributed by atoms with Gasteiger partial charge in [0.15, 0.2) is 0 Å². The van der Waals surface area contributed by atoms with Crippen molar-refractivity contribution in [3.8, 4) is 0 Å². The van der Waals surface area contributed by atoms with Crippen LogP contribution in [-0.2, 0) is 28.5 Å². The van der Waals surface area contributed by atoms with E-state index in [2.05, 4.69) is 40.7 Å². The zero-order valence-electron chi connectivity index (χ0n) is 34.4. The average Bonchev–Trinajstić information content (AvgIpc) is 3.16. The minimum atomic E-state index is -1.79. The fourth-order valence-electron chi connectivity index (χ4n) is 13.4. The van der Waals surface area contributed by atoms with Gasteiger partial charge in [0.1, 0.15) is 54.2 Å². The van der Waals surface area contributed by atoms with E-state index in [1.807, 2.05) is 0 Å². The maximum atomic E-state index is 14.6. The summed E-state index contributed by atoms with van der Waals surface area (Å²) in [7, 11) is 0. The van der Waals surface area contributed by atoms with Crippen molar-refractivity contribution in [1.29, 1.82) is 0 Å². The fourth-order valence-corrected chi connectivity index (χ4v) is 13.4. The summed E-state index contributed by atoms with van der Waals surface area (Å²) in [6.45, 7) is 11.1. The van der Waals surface area contributed by atoms with Gasteiger partial charge in [-0.05, 0) is 104 Å². The van der Waals surface area contributed by atoms with Gasteiger partial charge >= 0.3 is 11.9 Å². The number of aliphatic hydroxyl groups is 10. The van der Waals surface area contributed by atoms with Gasteiger partial charge < -0.3 is 70.0 Å². The summed E-state index contributed by atoms with van der Waals surface area (Å²) in [5, 5.41) is 107. The molecule has 0 aromatic heterocycles. The van der Waals surface area contributed by atoms with E-state index >= 15 is 0 Å². The monoisotopic (exact) mass is 826 g/mol. The maximum Gasteiger partial charge on any atom is 0.317 e. The molecule has 0 spiro atoms. The van der Waals surface area contributed by atoms with Crippen LogP contribution in [0.5, 0.6) is 0 Å². The van der Waals surface area contributed by atoms with Crippen molar-refractivity contribution in [1.82, 2.24) is 0 Å². The van der Waals surface area contributed by atoms with E-state index in [1.54, 1.807) is 6.92 Å². The van der Waals surface area contributed by atoms with Gasteiger partial charge in [-0.25, -0.2) is 0 Å². The number of esters is 2. The Morgan fingerprint density at radius 3 is 1.76 bits per heavy atom. The van der Waals surface area contributed by atoms with Crippen LogP contribution in [0.15, 0.2) is 11.6 Å². The topological polar surface area (TPSA) is 273 Å². The van der Waals surface area contributed by atoms with Crippen LogP contribution in [-0.4, -0.2) is 150 Å². The number of allylic oxidation sites excluding steroid dienone is 2. The van der Waals surface area contributed by atoms with E-state index in [4.69, 9.17) is 18.9 Å². The maximum absolute atomic E-state index is 14.6. The van der Waals surface area contributed by atoms with E-state index in [0.717, 1.165) is 5.57 Å². The zero-order chi connectivity index (χ0) is 42.7. The van der Waals surface area contributed by atoms with Gasteiger partial charge in [0, 0.05) is 0 Å². The van der Waals surface area contributed by atoms with E-state index in [9.17, 15) is 60.7 Å². The lowest BCUT2D eigenvalue weighted by molar-refractivity contribution is -0.301. The predicted molar refractivity (Wildman–Crippen MR) is 200 cm³/mol. The number of fused-ring (bicyclic) bond motifs is 7. The van der Waals surface area contributed by atoms with E-state index in [1.165, 1.54) is 0 Å². The summed E-state index contributed by atoms with van der Waals surface area (Å²) >= 11 is 0. The van der Waals surface area contributed by atoms with Gasteiger partial charge in [0.25, 0.3) is 0 Å². The quantitative estimate of drug-likeness (QED) is 0.123. The minimum absolute atomic E-state index is 0.0447. The van der Waals surface area contributed by atoms with Crippen molar-refractivity contribution in [3.63, 3.8) is 0 Å². The Hall–Kier alpha value is -1.80. The number of carbonyl (C=O) groups excluding carboxylic acids is 2. The molecule has 2 saturated heterocycles. The van der Waals surface area contributed by atoms with Crippen molar-refractivity contribution in [2.24, 2.45) is 50.2 Å². The highest BCUT2D eigenvalue weighted by atomic mass is 16.7. The van der Waals surface area contributed by atoms with Crippen LogP contribution in [0.3, 0.4) is 0 Å². The van der Waals surface area contributed by atoms with Crippen LogP contribution in [0.1, 0.15) is 99.3 Å². The van der Waals surface area contributed by atoms with E-state index in [-0.39, 0.29) is 24.2 Å². The number of aliphatic hydroxyl groups excluding tert-OH is 10. The largest absolute Gasteiger partial charge is 0.432 e. The van der Waals surface area contributed by atoms with Crippen molar-refractivity contribution in [2.45, 2.75) is 173 Å². The molecule has 0 aromatic rings. The van der Waals surface area contributed by atoms with Crippen LogP contribution in [0.2, 0.25) is 0 Å². The number of ether oxygens (including phenoxy) is 4. The van der Waals surface area contributed by atoms with Crippen molar-refractivity contribution in [2.75, 3.05) is 13.2 Å². The molecule has 16 heteroatoms. The highest BCUT2D eigenvalue weighted by Crippen LogP contribution is 2.76. The van der Waals surface area contributed by atoms with Crippen molar-refractivity contribution >= 4 is 11.9 Å². The molecule has 330 valence electrons. The Kier molecular flexibility index (Phi) is 11.4. The molecule has 2 heterocycles. The van der Waals surface area contributed by atoms with Gasteiger partial charge in [-0.15, -0.1) is 0 Å². The number of hydrogen-bond acceptors (Lipinski definition) is 16. The van der Waals surface area contributed by atoms with Gasteiger partial charge in [0.2, 0.25) is 12.6 Å². The third-order valence-corrected chi connectivity index (χ3v) is 17.3. The Labute approximate surface area is 339 Å². The molecule has 0 radical (unpaired) electrons. The van der Waals surface area contributed by atoms with Crippen LogP contribution in [0.25, 0.3) is 0 Å². The smallest absolute Gasteiger partial charge is 0.317 e. The Bertz CT molecular complexity index is 1620. The van der Waals surface area contributed by atoms with Gasteiger partial charge in [-0.3, -0.25) is 9.59 Å². The highest BCUT2D eigenvalue weighted by molar-refractivity contribution is 5.80. The molecule has 6 fully saturated rings. The van der Waals surface area contributed by atoms with Crippen LogP contribution >= 0.6 is 0 Å². The third kappa shape index (κ3) is 6.21. The molecular formula is C42H66O16. The summed E-state index contributed by atoms with van der Waals surface area (Å²) in [6.07, 6.45) is -12.1. The first-order valence-electron chi connectivity index (χ1n) is 21.1. The first-order chi connectivity index (χ1) is 27.0. The molecule has 4 saturated carbocycles. The second kappa shape index (κ2) is 14.9. The second-order valence-corrected chi connectivity index (χ2v) is 20.5. The Morgan fingerprint density at radius 1 is 0.655 bits per heavy atom. The third-order valence-electron chi connectivity index (χ3n) is 17.3. The Morgan fingerprint density at radius 2 is 1.21 bits per heavy atom. The fraction of sp³-hybridized carbons (Fsp3) is 0.905. The molecule has 0 aromatic carbocycles. The molecule has 10 N–H and O–H groups in total. The SMILES string of the molecule is CC1(C)CC[C@]2(C(=O)O[C@@H]3O[C@H](CO)[C@@H](O)[C@H](O)[C@H]3O)[C@H](O)C[C@]3(C)C(=CC[C@@H]4[C@@]5(C)CC[C@H](O)[C@@](C)(C(=O)O[C@@H]6O[C@H](CO)[C@@H](O)[C@H](O)[C@H]6O)[C@@H]5CC[C@]43C)[C@@H]2C1. The zero-order valence-corrected chi connectivity index (χ0v) is 34.4. The summed E-state index contributed by atoms with van der Waals surface area (Å²) in [5.74, 6) is -2.49. The lowest BCUT2D eigenvalue weighted by atomic mass is 9.33. The van der Waals surface area contributed by atoms with Gasteiger partial charge in [-0.1, -0.05) is 46.3 Å². The van der Waals surface area contributed by atoms with Crippen molar-refractivity contribution < 1.29 is 79.6 Å². The molecule has 20 atom stereocenters. The summed E-state index contributed by atoms with van der Waals surface area (Å²) < 4.78 is 22.7. The van der Waals surface area contributed by atoms with Crippen LogP contribution < -0.4 is 0 Å². The minimum Gasteiger partial charge on any atom is -0.432 e. The average molecular weight is 827 g/mol. The lowest BCUT2D eigenvalue weighted by Gasteiger charge is -2.71. The summed E-state index contributed by atoms with van der Waals surface area (Å²) in [5.41, 5.74) is -3.64. The molecule has 0 bridgehead atoms. The number of carbonyl (C=O) groups is 2. The molecule has 2 aliphatic heterocycles. The van der Waals surface area contributed by atoms with Gasteiger partial charge in [0.05, 0.1) is 30.8 Å². The standard InChI is InChI=1S/C42H66O16/c1-37(2)13-14-42(36(54)58-34-32(52)30(50)28(48)22(18-44)56-34)20(15-37)19-7-8-23-38(3)11-10-25(45)41(6,24(38)9-12-39(23,4)40(19,5)16-26(42)46)35(53)57-33-31(51)29(49)27(47)21(17-43)55-33/h7,20-34,43-52H,8-18H2,1-6H3/t20-,21+,22+,23+,24+,25-,26+,27+,28+,29-,30-,31+,32+,33-,34-,38+,39+,40+,41-,42+/m0/s1. The van der Waals surface area contributed by atoms with Crippen LogP contribution in [0.4, 0.5) is 0 Å². The Balaban J connectivity index is 1.21. The lowest BCUT2D eigenvalue weighted by Crippen LogP contribution is -2.69. The highest BCUT2D eigenvalue weighted by Gasteiger charge is 2.73. The van der Waals surface area contributed by atoms with Crippen LogP contribution in [0, 0.1) is 50.2 Å². The molecule has 16 nitrogen and oxygen atoms in total. The molecule has 0 amide bonds. The predicted octanol–water partition coefficient (Wildman–Crippen LogP) is -0.214. The normalized spacial score (nSPS) is 53.8. The molecular weight excluding hydrogens is 760 g/mol. The molecule has 7 rings (SSSR count). The molecule has 5 aliphatic carbocycles. The number of rotatable bonds is 6. The summed E-state index contributed by atoms with van der Waals surface area (Å²) in [4.78, 5) is 28.9. The summed E-state index contributed by atoms with van der Waals surface area (Å²) in [6, 6.07) is 0. The van der Waals surface area contributed by atoms with Gasteiger partial charge in [-0.2, -0.15) is 0 Å². The number of hydrogen-bond donors (Lipinski definition) is 10. The first-order valence-corrected chi connectivity index (χ1v) is 21.1. The van der Waals surface area contributed by atoms with E-state index in [0.29, 0.717) is 44.9 Å². The first kappa shape index (κ1) is 44.3.